The van der Waals surface area contributed by atoms with Gasteiger partial charge in [-0.3, -0.25) is 33.7 Å². The number of para-hydroxylation sites is 1. The van der Waals surface area contributed by atoms with Gasteiger partial charge in [0.05, 0.1) is 23.2 Å². The number of carboxylic acids is 1. The van der Waals surface area contributed by atoms with Crippen LogP contribution in [-0.4, -0.2) is 93.0 Å². The number of ketones is 1. The number of unbranched alkanes of at least 4 members (excludes halogenated alkanes) is 3. The average Bonchev–Trinajstić information content (AvgIpc) is 3.86. The molecule has 9 atom stereocenters. The van der Waals surface area contributed by atoms with Gasteiger partial charge >= 0.3 is 11.9 Å². The van der Waals surface area contributed by atoms with Crippen molar-refractivity contribution >= 4 is 47.2 Å². The minimum atomic E-state index is -0.837. The number of aliphatic hydroxyl groups is 1. The summed E-state index contributed by atoms with van der Waals surface area (Å²) < 4.78 is 12.9. The van der Waals surface area contributed by atoms with Gasteiger partial charge in [-0.25, -0.2) is 0 Å². The first kappa shape index (κ1) is 48.9. The van der Waals surface area contributed by atoms with Crippen molar-refractivity contribution in [1.82, 2.24) is 10.2 Å². The lowest BCUT2D eigenvalue weighted by Crippen LogP contribution is -2.41. The van der Waals surface area contributed by atoms with Crippen LogP contribution in [-0.2, 0) is 39.9 Å². The molecule has 1 unspecified atom stereocenters. The lowest BCUT2D eigenvalue weighted by Gasteiger charge is -2.31. The molecule has 12 nitrogen and oxygen atoms in total. The number of hydrogen-bond donors (Lipinski definition) is 3. The number of ether oxygens (including phenoxy) is 2. The summed E-state index contributed by atoms with van der Waals surface area (Å²) >= 11 is 1.50. The van der Waals surface area contributed by atoms with E-state index in [2.05, 4.69) is 17.2 Å². The second-order valence-corrected chi connectivity index (χ2v) is 19.9. The van der Waals surface area contributed by atoms with Gasteiger partial charge in [-0.05, 0) is 62.7 Å². The van der Waals surface area contributed by atoms with E-state index < -0.39 is 40.7 Å². The van der Waals surface area contributed by atoms with Gasteiger partial charge in [0.15, 0.2) is 0 Å². The minimum absolute atomic E-state index is 0.0276. The number of rotatable bonds is 22. The highest BCUT2D eigenvalue weighted by atomic mass is 32.2. The topological polar surface area (TPSA) is 177 Å². The van der Waals surface area contributed by atoms with E-state index in [0.29, 0.717) is 45.1 Å². The maximum atomic E-state index is 14.1. The number of likely N-dealkylation sites (tertiary alicyclic amines) is 1. The summed E-state index contributed by atoms with van der Waals surface area (Å²) in [5.41, 5.74) is 1.45. The molecule has 3 N–H and O–H groups in total. The standard InChI is InChI=1S/C49H68N2O10S/c1-6-7-16-31(2)37(52)24-23-35-38(29-39-44(35)36-21-14-17-32(45(36)60-39)18-15-22-43(55)56)61-48(59)34-20-11-10-19-33(34)46(57)50-26-12-8-9-13-28-62-40-30-42(54)51(47(40)58)27-25-41(53)49(3,4)5/h14,17,21,23-24,31,33-35,37-40,44,52H,8-13,15-16,18-20,22,25-30H2,1-5H3,(H,50,57)(H,55,56)/b24-23+/t31-,33+,34-,35-,37+,38+,39-,40?,44-/m0/s1. The van der Waals surface area contributed by atoms with Gasteiger partial charge in [0.1, 0.15) is 23.7 Å². The fraction of sp³-hybridized carbons (Fsp3) is 0.673. The predicted octanol–water partition coefficient (Wildman–Crippen LogP) is 7.19. The molecule has 2 aliphatic heterocycles. The van der Waals surface area contributed by atoms with Gasteiger partial charge in [-0.2, -0.15) is 0 Å². The highest BCUT2D eigenvalue weighted by Crippen LogP contribution is 2.53. The number of carbonyl (C=O) groups is 6. The van der Waals surface area contributed by atoms with Crippen molar-refractivity contribution in [2.45, 2.75) is 160 Å². The summed E-state index contributed by atoms with van der Waals surface area (Å²) in [5, 5.41) is 22.9. The van der Waals surface area contributed by atoms with Crippen LogP contribution in [0, 0.1) is 40.9 Å². The Morgan fingerprint density at radius 1 is 1.05 bits per heavy atom. The van der Waals surface area contributed by atoms with Crippen LogP contribution in [0.3, 0.4) is 0 Å². The number of Topliss-reactive ketones (excluding diaryl/α,β-unsaturated/α-hetero) is 1. The zero-order valence-electron chi connectivity index (χ0n) is 37.3. The molecule has 2 saturated carbocycles. The fourth-order valence-electron chi connectivity index (χ4n) is 9.23. The van der Waals surface area contributed by atoms with Crippen molar-refractivity contribution in [2.75, 3.05) is 18.8 Å². The van der Waals surface area contributed by atoms with Crippen LogP contribution in [0.2, 0.25) is 0 Å². The molecule has 13 heteroatoms. The van der Waals surface area contributed by atoms with E-state index in [1.807, 2.05) is 52.0 Å². The Labute approximate surface area is 372 Å². The Kier molecular flexibility index (Phi) is 18.1. The number of amides is 3. The first-order valence-electron chi connectivity index (χ1n) is 22.8. The number of imide groups is 1. The summed E-state index contributed by atoms with van der Waals surface area (Å²) in [5.74, 6) is 4.20. The molecule has 3 amide bonds. The first-order valence-corrected chi connectivity index (χ1v) is 23.9. The van der Waals surface area contributed by atoms with Crippen molar-refractivity contribution in [1.29, 1.82) is 0 Å². The monoisotopic (exact) mass is 876 g/mol. The Hall–Kier alpha value is -4.15. The Morgan fingerprint density at radius 3 is 2.52 bits per heavy atom. The Bertz CT molecular complexity index is 1860. The predicted molar refractivity (Wildman–Crippen MR) is 238 cm³/mol. The molecule has 0 spiro atoms. The third-order valence-corrected chi connectivity index (χ3v) is 14.3. The molecular formula is C49H68N2O10S. The molecule has 5 rings (SSSR count). The second-order valence-electron chi connectivity index (χ2n) is 18.6. The molecule has 340 valence electrons. The number of carbonyl (C=O) groups excluding carboxylic acids is 5. The number of fused-ring (bicyclic) bond motifs is 3. The van der Waals surface area contributed by atoms with Crippen LogP contribution >= 0.6 is 11.8 Å². The quantitative estimate of drug-likeness (QED) is 0.0354. The molecule has 2 aliphatic carbocycles. The number of esters is 1. The van der Waals surface area contributed by atoms with Gasteiger partial charge in [0, 0.05) is 68.0 Å². The largest absolute Gasteiger partial charge is 0.489 e. The molecule has 1 saturated heterocycles. The van der Waals surface area contributed by atoms with Gasteiger partial charge in [-0.1, -0.05) is 83.7 Å². The highest BCUT2D eigenvalue weighted by molar-refractivity contribution is 8.00. The number of aliphatic hydroxyl groups excluding tert-OH is 1. The maximum absolute atomic E-state index is 14.1. The van der Waals surface area contributed by atoms with Crippen LogP contribution in [0.25, 0.3) is 0 Å². The van der Waals surface area contributed by atoms with E-state index >= 15 is 0 Å². The van der Waals surface area contributed by atoms with E-state index in [1.54, 1.807) is 13.0 Å². The summed E-state index contributed by atoms with van der Waals surface area (Å²) in [6.07, 6.45) is 11.1. The lowest BCUT2D eigenvalue weighted by molar-refractivity contribution is -0.161. The summed E-state index contributed by atoms with van der Waals surface area (Å²) in [6, 6.07) is 5.96. The number of hydrogen-bond acceptors (Lipinski definition) is 10. The fourth-order valence-corrected chi connectivity index (χ4v) is 10.4. The highest BCUT2D eigenvalue weighted by Gasteiger charge is 2.52. The molecular weight excluding hydrogens is 809 g/mol. The summed E-state index contributed by atoms with van der Waals surface area (Å²) in [7, 11) is 0. The number of aryl methyl sites for hydroxylation is 1. The Balaban J connectivity index is 1.11. The average molecular weight is 877 g/mol. The van der Waals surface area contributed by atoms with E-state index in [-0.39, 0.29) is 79.1 Å². The molecule has 0 aromatic heterocycles. The molecule has 0 radical (unpaired) electrons. The normalized spacial score (nSPS) is 25.4. The van der Waals surface area contributed by atoms with Crippen molar-refractivity contribution in [3.05, 3.63) is 41.5 Å². The summed E-state index contributed by atoms with van der Waals surface area (Å²) in [6.45, 7) is 9.87. The lowest BCUT2D eigenvalue weighted by atomic mass is 9.78. The van der Waals surface area contributed by atoms with Crippen molar-refractivity contribution < 1.29 is 48.5 Å². The van der Waals surface area contributed by atoms with Gasteiger partial charge in [0.2, 0.25) is 17.7 Å². The Morgan fingerprint density at radius 2 is 1.79 bits per heavy atom. The molecule has 2 heterocycles. The second kappa shape index (κ2) is 23.0. The van der Waals surface area contributed by atoms with E-state index in [9.17, 15) is 39.0 Å². The van der Waals surface area contributed by atoms with Crippen LogP contribution in [0.5, 0.6) is 5.75 Å². The molecule has 1 aromatic carbocycles. The van der Waals surface area contributed by atoms with Gasteiger partial charge in [0.25, 0.3) is 0 Å². The van der Waals surface area contributed by atoms with Gasteiger partial charge < -0.3 is 25.0 Å². The van der Waals surface area contributed by atoms with Crippen LogP contribution in [0.4, 0.5) is 0 Å². The molecule has 1 aromatic rings. The smallest absolute Gasteiger partial charge is 0.310 e. The van der Waals surface area contributed by atoms with E-state index in [4.69, 9.17) is 9.47 Å². The SMILES string of the molecule is CC#CC[C@H](C)[C@H](O)/C=C/[C@@H]1[C@H]2c3cccc(CCCC(=O)O)c3O[C@H]2C[C@H]1OC(=O)[C@H]1CCCC[C@H]1C(=O)NCCCCCCSC1CC(=O)N(CCC(=O)C(C)(C)C)C1=O. The number of nitrogens with one attached hydrogen (secondary N) is 1. The van der Waals surface area contributed by atoms with Crippen molar-refractivity contribution in [3.8, 4) is 17.6 Å². The van der Waals surface area contributed by atoms with Crippen LogP contribution in [0.1, 0.15) is 142 Å². The van der Waals surface area contributed by atoms with Crippen LogP contribution in [0.15, 0.2) is 30.4 Å². The first-order chi connectivity index (χ1) is 29.6. The number of nitrogens with zero attached hydrogens (tertiary/aromatic N) is 1. The number of benzene rings is 1. The molecule has 0 bridgehead atoms. The number of aliphatic carboxylic acids is 1. The van der Waals surface area contributed by atoms with Crippen molar-refractivity contribution in [3.63, 3.8) is 0 Å². The zero-order valence-corrected chi connectivity index (χ0v) is 38.1. The molecule has 3 fully saturated rings. The summed E-state index contributed by atoms with van der Waals surface area (Å²) in [4.78, 5) is 77.7. The number of thioether (sulfide) groups is 1. The zero-order chi connectivity index (χ0) is 45.0. The third-order valence-electron chi connectivity index (χ3n) is 13.0. The van der Waals surface area contributed by atoms with Crippen molar-refractivity contribution in [2.24, 2.45) is 29.1 Å². The van der Waals surface area contributed by atoms with Gasteiger partial charge in [-0.15, -0.1) is 23.6 Å². The maximum Gasteiger partial charge on any atom is 0.310 e. The number of carboxylic acid groups (broad SMARTS) is 1. The molecule has 4 aliphatic rings. The van der Waals surface area contributed by atoms with E-state index in [0.717, 1.165) is 61.2 Å². The van der Waals surface area contributed by atoms with Crippen LogP contribution < -0.4 is 10.1 Å². The molecule has 62 heavy (non-hydrogen) atoms. The third kappa shape index (κ3) is 13.0. The van der Waals surface area contributed by atoms with E-state index in [1.165, 1.54) is 16.7 Å². The minimum Gasteiger partial charge on any atom is -0.489 e.